The van der Waals surface area contributed by atoms with Crippen LogP contribution < -0.4 is 4.74 Å². The van der Waals surface area contributed by atoms with Gasteiger partial charge in [-0.25, -0.2) is 4.98 Å². The zero-order valence-corrected chi connectivity index (χ0v) is 20.6. The van der Waals surface area contributed by atoms with E-state index in [1.165, 1.54) is 19.3 Å². The highest BCUT2D eigenvalue weighted by Gasteiger charge is 2.26. The average Bonchev–Trinajstić information content (AvgIpc) is 3.34. The minimum Gasteiger partial charge on any atom is -0.487 e. The number of imidazole rings is 1. The summed E-state index contributed by atoms with van der Waals surface area (Å²) < 4.78 is 9.10. The molecule has 1 N–H and O–H groups in total. The van der Waals surface area contributed by atoms with Crippen molar-refractivity contribution < 1.29 is 9.84 Å². The van der Waals surface area contributed by atoms with Crippen molar-refractivity contribution in [3.8, 4) is 23.3 Å². The maximum atomic E-state index is 8.92. The van der Waals surface area contributed by atoms with Gasteiger partial charge in [0, 0.05) is 17.0 Å². The number of halogens is 1. The Morgan fingerprint density at radius 2 is 2.19 bits per heavy atom. The number of nitrogens with zero attached hydrogens (tertiary/aromatic N) is 3. The second-order valence-corrected chi connectivity index (χ2v) is 10.1. The number of aliphatic hydroxyl groups excluding tert-OH is 1. The Labute approximate surface area is 201 Å². The molecule has 0 radical (unpaired) electrons. The number of ether oxygens (including phenoxy) is 1. The van der Waals surface area contributed by atoms with E-state index < -0.39 is 0 Å². The monoisotopic (exact) mass is 511 g/mol. The molecule has 0 aliphatic heterocycles. The Balaban J connectivity index is 1.60. The molecule has 4 rings (SSSR count). The first-order valence-corrected chi connectivity index (χ1v) is 12.4. The van der Waals surface area contributed by atoms with Crippen LogP contribution in [0.25, 0.3) is 5.69 Å². The Kier molecular flexibility index (Phi) is 7.56. The summed E-state index contributed by atoms with van der Waals surface area (Å²) in [7, 11) is 0. The zero-order valence-electron chi connectivity index (χ0n) is 18.2. The lowest BCUT2D eigenvalue weighted by Crippen LogP contribution is -2.08. The second kappa shape index (κ2) is 10.6. The van der Waals surface area contributed by atoms with E-state index in [9.17, 15) is 0 Å². The maximum Gasteiger partial charge on any atom is 0.174 e. The van der Waals surface area contributed by atoms with Crippen molar-refractivity contribution in [3.05, 3.63) is 64.1 Å². The summed E-state index contributed by atoms with van der Waals surface area (Å²) in [5, 5.41) is 10.5. The maximum absolute atomic E-state index is 8.92. The molecule has 1 aliphatic carbocycles. The molecule has 5 nitrogen and oxygen atoms in total. The highest BCUT2D eigenvalue weighted by atomic mass is 79.9. The van der Waals surface area contributed by atoms with E-state index in [0.717, 1.165) is 43.9 Å². The fourth-order valence-electron chi connectivity index (χ4n) is 3.93. The zero-order chi connectivity index (χ0) is 22.5. The molecular weight excluding hydrogens is 486 g/mol. The number of aromatic nitrogens is 3. The van der Waals surface area contributed by atoms with Crippen LogP contribution >= 0.6 is 27.7 Å². The molecule has 1 aromatic carbocycles. The van der Waals surface area contributed by atoms with Crippen LogP contribution in [0, 0.1) is 24.7 Å². The first-order chi connectivity index (χ1) is 15.5. The van der Waals surface area contributed by atoms with Gasteiger partial charge < -0.3 is 9.84 Å². The summed E-state index contributed by atoms with van der Waals surface area (Å²) in [6, 6.07) is 9.78. The molecule has 0 amide bonds. The summed E-state index contributed by atoms with van der Waals surface area (Å²) in [4.78, 5) is 9.16. The average molecular weight is 512 g/mol. The van der Waals surface area contributed by atoms with E-state index in [-0.39, 0.29) is 6.61 Å². The molecular formula is C25H26BrN3O2S. The Bertz CT molecular complexity index is 1140. The van der Waals surface area contributed by atoms with Crippen molar-refractivity contribution in [2.75, 3.05) is 6.61 Å². The predicted molar refractivity (Wildman–Crippen MR) is 131 cm³/mol. The van der Waals surface area contributed by atoms with Crippen LogP contribution in [0.3, 0.4) is 0 Å². The van der Waals surface area contributed by atoms with Crippen molar-refractivity contribution in [1.82, 2.24) is 14.5 Å². The molecule has 32 heavy (non-hydrogen) atoms. The van der Waals surface area contributed by atoms with Gasteiger partial charge in [-0.15, -0.1) is 0 Å². The van der Waals surface area contributed by atoms with Gasteiger partial charge in [-0.3, -0.25) is 9.55 Å². The fraction of sp³-hybridized carbons (Fsp3) is 0.360. The lowest BCUT2D eigenvalue weighted by atomic mass is 10.1. The third-order valence-electron chi connectivity index (χ3n) is 5.59. The van der Waals surface area contributed by atoms with Gasteiger partial charge in [0.15, 0.2) is 5.16 Å². The molecule has 3 aromatic rings. The fourth-order valence-corrected chi connectivity index (χ4v) is 5.94. The Hall–Kier alpha value is -2.27. The van der Waals surface area contributed by atoms with E-state index in [1.807, 2.05) is 55.2 Å². The standard InChI is InChI=1S/C25H26BrN3O2S/c1-17-7-10-22(13-17)32-25-28-24(26)23(29(25)20-6-3-11-27-15-20)16-31-21-9-8-19(5-4-12-30)18(2)14-21/h3,6,8-9,11,14-15,17,22,30H,7,10,12-13,16H2,1-2H3. The number of thioether (sulfide) groups is 1. The number of benzene rings is 1. The van der Waals surface area contributed by atoms with Crippen molar-refractivity contribution in [2.24, 2.45) is 5.92 Å². The number of hydrogen-bond acceptors (Lipinski definition) is 5. The number of aliphatic hydroxyl groups is 1. The van der Waals surface area contributed by atoms with E-state index in [2.05, 4.69) is 44.2 Å². The second-order valence-electron chi connectivity index (χ2n) is 8.06. The molecule has 2 unspecified atom stereocenters. The first-order valence-electron chi connectivity index (χ1n) is 10.7. The normalized spacial score (nSPS) is 17.8. The molecule has 0 bridgehead atoms. The molecule has 0 saturated heterocycles. The molecule has 1 saturated carbocycles. The van der Waals surface area contributed by atoms with Crippen molar-refractivity contribution in [2.45, 2.75) is 50.1 Å². The van der Waals surface area contributed by atoms with Gasteiger partial charge in [-0.1, -0.05) is 30.5 Å². The Morgan fingerprint density at radius 1 is 1.31 bits per heavy atom. The van der Waals surface area contributed by atoms with Gasteiger partial charge in [0.1, 0.15) is 23.6 Å². The van der Waals surface area contributed by atoms with Crippen LogP contribution in [-0.4, -0.2) is 31.5 Å². The van der Waals surface area contributed by atoms with Gasteiger partial charge in [-0.05, 0) is 83.9 Å². The van der Waals surface area contributed by atoms with E-state index in [1.54, 1.807) is 6.20 Å². The van der Waals surface area contributed by atoms with Crippen molar-refractivity contribution in [3.63, 3.8) is 0 Å². The van der Waals surface area contributed by atoms with Gasteiger partial charge >= 0.3 is 0 Å². The summed E-state index contributed by atoms with van der Waals surface area (Å²) in [5.41, 5.74) is 3.82. The summed E-state index contributed by atoms with van der Waals surface area (Å²) in [5.74, 6) is 7.18. The molecule has 166 valence electrons. The smallest absolute Gasteiger partial charge is 0.174 e. The van der Waals surface area contributed by atoms with E-state index >= 15 is 0 Å². The van der Waals surface area contributed by atoms with Crippen LogP contribution in [0.2, 0.25) is 0 Å². The number of hydrogen-bond donors (Lipinski definition) is 1. The summed E-state index contributed by atoms with van der Waals surface area (Å²) in [6.07, 6.45) is 7.36. The van der Waals surface area contributed by atoms with Crippen LogP contribution in [0.15, 0.2) is 52.5 Å². The van der Waals surface area contributed by atoms with Crippen molar-refractivity contribution in [1.29, 1.82) is 0 Å². The lowest BCUT2D eigenvalue weighted by molar-refractivity contribution is 0.297. The largest absolute Gasteiger partial charge is 0.487 e. The van der Waals surface area contributed by atoms with Crippen LogP contribution in [0.5, 0.6) is 5.75 Å². The van der Waals surface area contributed by atoms with Crippen LogP contribution in [-0.2, 0) is 6.61 Å². The molecule has 7 heteroatoms. The molecule has 2 heterocycles. The van der Waals surface area contributed by atoms with Gasteiger partial charge in [0.25, 0.3) is 0 Å². The molecule has 1 aliphatic rings. The lowest BCUT2D eigenvalue weighted by Gasteiger charge is -2.15. The molecule has 2 aromatic heterocycles. The minimum atomic E-state index is -0.149. The quantitative estimate of drug-likeness (QED) is 0.440. The van der Waals surface area contributed by atoms with Crippen molar-refractivity contribution >= 4 is 27.7 Å². The predicted octanol–water partition coefficient (Wildman–Crippen LogP) is 5.54. The summed E-state index contributed by atoms with van der Waals surface area (Å²) in [6.45, 7) is 4.53. The third-order valence-corrected chi connectivity index (χ3v) is 7.47. The van der Waals surface area contributed by atoms with Crippen LogP contribution in [0.1, 0.15) is 43.0 Å². The number of rotatable bonds is 6. The van der Waals surface area contributed by atoms with Gasteiger partial charge in [-0.2, -0.15) is 0 Å². The topological polar surface area (TPSA) is 60.2 Å². The molecule has 0 spiro atoms. The molecule has 2 atom stereocenters. The highest BCUT2D eigenvalue weighted by molar-refractivity contribution is 9.10. The van der Waals surface area contributed by atoms with Gasteiger partial charge in [0.05, 0.1) is 17.6 Å². The van der Waals surface area contributed by atoms with E-state index in [4.69, 9.17) is 14.8 Å². The number of pyridine rings is 1. The molecule has 1 fully saturated rings. The third kappa shape index (κ3) is 5.37. The Morgan fingerprint density at radius 3 is 2.88 bits per heavy atom. The number of aryl methyl sites for hydroxylation is 1. The first kappa shape index (κ1) is 22.9. The van der Waals surface area contributed by atoms with E-state index in [0.29, 0.717) is 11.9 Å². The minimum absolute atomic E-state index is 0.149. The van der Waals surface area contributed by atoms with Crippen LogP contribution in [0.4, 0.5) is 0 Å². The highest BCUT2D eigenvalue weighted by Crippen LogP contribution is 2.39. The summed E-state index contributed by atoms with van der Waals surface area (Å²) >= 11 is 5.51. The SMILES string of the molecule is Cc1cc(OCc2c(Br)nc(SC3CCC(C)C3)n2-c2cccnc2)ccc1C#CCO. The van der Waals surface area contributed by atoms with Gasteiger partial charge in [0.2, 0.25) is 0 Å².